The minimum atomic E-state index is -0.305. The summed E-state index contributed by atoms with van der Waals surface area (Å²) in [6.07, 6.45) is 6.91. The molecule has 0 unspecified atom stereocenters. The first kappa shape index (κ1) is 20.2. The van der Waals surface area contributed by atoms with Crippen molar-refractivity contribution in [2.75, 3.05) is 17.2 Å². The first-order valence-corrected chi connectivity index (χ1v) is 10.5. The lowest BCUT2D eigenvalue weighted by atomic mass is 10.3. The van der Waals surface area contributed by atoms with Gasteiger partial charge in [0.25, 0.3) is 0 Å². The van der Waals surface area contributed by atoms with Gasteiger partial charge >= 0.3 is 6.03 Å². The molecule has 6 nitrogen and oxygen atoms in total. The van der Waals surface area contributed by atoms with Gasteiger partial charge in [-0.15, -0.1) is 11.8 Å². The first-order chi connectivity index (χ1) is 13.6. The maximum absolute atomic E-state index is 12.2. The molecule has 1 aliphatic carbocycles. The molecule has 0 spiro atoms. The van der Waals surface area contributed by atoms with Crippen LogP contribution < -0.4 is 16.0 Å². The molecule has 0 atom stereocenters. The quantitative estimate of drug-likeness (QED) is 0.638. The highest BCUT2D eigenvalue weighted by molar-refractivity contribution is 8.00. The van der Waals surface area contributed by atoms with Crippen LogP contribution in [0.25, 0.3) is 0 Å². The Morgan fingerprint density at radius 1 is 1.11 bits per heavy atom. The molecule has 1 heterocycles. The number of hydrogen-bond acceptors (Lipinski definition) is 4. The summed E-state index contributed by atoms with van der Waals surface area (Å²) in [7, 11) is 0. The third-order valence-corrected chi connectivity index (χ3v) is 5.96. The lowest BCUT2D eigenvalue weighted by molar-refractivity contribution is -0.116. The van der Waals surface area contributed by atoms with E-state index in [1.54, 1.807) is 12.3 Å². The van der Waals surface area contributed by atoms with Crippen molar-refractivity contribution in [3.05, 3.63) is 48.2 Å². The number of thioether (sulfide) groups is 1. The second kappa shape index (κ2) is 10.1. The van der Waals surface area contributed by atoms with E-state index in [0.29, 0.717) is 11.1 Å². The Bertz CT molecular complexity index is 804. The van der Waals surface area contributed by atoms with Crippen LogP contribution >= 0.6 is 11.8 Å². The summed E-state index contributed by atoms with van der Waals surface area (Å²) in [5, 5.41) is 8.98. The maximum atomic E-state index is 12.2. The van der Waals surface area contributed by atoms with Crippen LogP contribution in [0.15, 0.2) is 47.5 Å². The van der Waals surface area contributed by atoms with Crippen LogP contribution in [0.3, 0.4) is 0 Å². The number of pyridine rings is 1. The molecule has 0 aliphatic heterocycles. The van der Waals surface area contributed by atoms with Crippen LogP contribution in [0.2, 0.25) is 0 Å². The molecular formula is C21H26N4O2S. The fourth-order valence-corrected chi connectivity index (χ4v) is 4.39. The summed E-state index contributed by atoms with van der Waals surface area (Å²) in [4.78, 5) is 29.4. The monoisotopic (exact) mass is 398 g/mol. The average molecular weight is 399 g/mol. The molecular weight excluding hydrogens is 372 g/mol. The predicted octanol–water partition coefficient (Wildman–Crippen LogP) is 4.58. The fourth-order valence-electron chi connectivity index (χ4n) is 3.06. The number of carbonyl (C=O) groups excluding carboxylic acids is 2. The minimum absolute atomic E-state index is 0.182. The summed E-state index contributed by atoms with van der Waals surface area (Å²) in [5.41, 5.74) is 1.84. The van der Waals surface area contributed by atoms with E-state index in [-0.39, 0.29) is 24.9 Å². The highest BCUT2D eigenvalue weighted by atomic mass is 32.2. The number of hydrogen-bond donors (Lipinski definition) is 3. The van der Waals surface area contributed by atoms with E-state index in [0.717, 1.165) is 16.1 Å². The van der Waals surface area contributed by atoms with Crippen LogP contribution in [0.4, 0.5) is 16.3 Å². The molecule has 0 radical (unpaired) electrons. The van der Waals surface area contributed by atoms with Gasteiger partial charge in [-0.2, -0.15) is 0 Å². The largest absolute Gasteiger partial charge is 0.337 e. The van der Waals surface area contributed by atoms with Crippen molar-refractivity contribution < 1.29 is 9.59 Å². The second-order valence-electron chi connectivity index (χ2n) is 6.92. The molecule has 3 rings (SSSR count). The van der Waals surface area contributed by atoms with Gasteiger partial charge in [-0.3, -0.25) is 4.79 Å². The number of amides is 3. The lowest BCUT2D eigenvalue weighted by Crippen LogP contribution is -2.31. The van der Waals surface area contributed by atoms with Crippen molar-refractivity contribution in [2.24, 2.45) is 0 Å². The number of carbonyl (C=O) groups is 2. The van der Waals surface area contributed by atoms with Gasteiger partial charge in [0.2, 0.25) is 5.91 Å². The smallest absolute Gasteiger partial charge is 0.319 e. The van der Waals surface area contributed by atoms with Gasteiger partial charge < -0.3 is 16.0 Å². The van der Waals surface area contributed by atoms with Gasteiger partial charge in [0.1, 0.15) is 5.82 Å². The SMILES string of the molecule is Cc1ccc(NC(=O)CCNC(=O)Nc2ccccc2SC2CCCC2)nc1. The Hall–Kier alpha value is -2.54. The summed E-state index contributed by atoms with van der Waals surface area (Å²) >= 11 is 1.84. The number of aryl methyl sites for hydroxylation is 1. The van der Waals surface area contributed by atoms with E-state index in [1.807, 2.05) is 49.0 Å². The molecule has 28 heavy (non-hydrogen) atoms. The molecule has 148 valence electrons. The predicted molar refractivity (Wildman–Crippen MR) is 114 cm³/mol. The van der Waals surface area contributed by atoms with E-state index < -0.39 is 0 Å². The van der Waals surface area contributed by atoms with Gasteiger partial charge in [-0.1, -0.05) is 31.0 Å². The molecule has 1 fully saturated rings. The number of nitrogens with zero attached hydrogens (tertiary/aromatic N) is 1. The summed E-state index contributed by atoms with van der Waals surface area (Å²) in [6.45, 7) is 2.19. The first-order valence-electron chi connectivity index (χ1n) is 9.63. The molecule has 3 amide bonds. The fraction of sp³-hybridized carbons (Fsp3) is 0.381. The van der Waals surface area contributed by atoms with Gasteiger partial charge in [-0.25, -0.2) is 9.78 Å². The van der Waals surface area contributed by atoms with Crippen molar-refractivity contribution in [3.8, 4) is 0 Å². The molecule has 2 aromatic rings. The Labute approximate surface area is 169 Å². The van der Waals surface area contributed by atoms with Crippen LogP contribution in [0, 0.1) is 6.92 Å². The molecule has 1 saturated carbocycles. The van der Waals surface area contributed by atoms with Crippen LogP contribution in [-0.2, 0) is 4.79 Å². The van der Waals surface area contributed by atoms with E-state index in [9.17, 15) is 9.59 Å². The van der Waals surface area contributed by atoms with Gasteiger partial charge in [0, 0.05) is 29.3 Å². The Kier molecular flexibility index (Phi) is 7.31. The zero-order valence-electron chi connectivity index (χ0n) is 16.0. The Morgan fingerprint density at radius 2 is 1.89 bits per heavy atom. The van der Waals surface area contributed by atoms with E-state index >= 15 is 0 Å². The number of rotatable bonds is 7. The molecule has 1 aromatic heterocycles. The maximum Gasteiger partial charge on any atom is 0.319 e. The molecule has 1 aromatic carbocycles. The summed E-state index contributed by atoms with van der Waals surface area (Å²) in [6, 6.07) is 11.2. The van der Waals surface area contributed by atoms with Crippen molar-refractivity contribution in [2.45, 2.75) is 49.2 Å². The number of aromatic nitrogens is 1. The molecule has 0 bridgehead atoms. The molecule has 3 N–H and O–H groups in total. The minimum Gasteiger partial charge on any atom is -0.337 e. The lowest BCUT2D eigenvalue weighted by Gasteiger charge is -2.14. The standard InChI is InChI=1S/C21H26N4O2S/c1-15-10-11-19(23-14-15)25-20(26)12-13-22-21(27)24-17-8-4-5-9-18(17)28-16-6-2-3-7-16/h4-5,8-11,14,16H,2-3,6-7,12-13H2,1H3,(H2,22,24,27)(H,23,25,26). The van der Waals surface area contributed by atoms with Gasteiger partial charge in [-0.05, 0) is 43.5 Å². The molecule has 0 saturated heterocycles. The van der Waals surface area contributed by atoms with Crippen molar-refractivity contribution in [3.63, 3.8) is 0 Å². The molecule has 1 aliphatic rings. The third kappa shape index (κ3) is 6.27. The van der Waals surface area contributed by atoms with Crippen molar-refractivity contribution in [1.29, 1.82) is 0 Å². The number of para-hydroxylation sites is 1. The zero-order valence-corrected chi connectivity index (χ0v) is 16.8. The van der Waals surface area contributed by atoms with Crippen LogP contribution in [0.1, 0.15) is 37.7 Å². The topological polar surface area (TPSA) is 83.1 Å². The van der Waals surface area contributed by atoms with Gasteiger partial charge in [0.15, 0.2) is 0 Å². The Balaban J connectivity index is 1.43. The van der Waals surface area contributed by atoms with E-state index in [4.69, 9.17) is 0 Å². The number of urea groups is 1. The molecule has 7 heteroatoms. The zero-order chi connectivity index (χ0) is 19.8. The van der Waals surface area contributed by atoms with Crippen LogP contribution in [0.5, 0.6) is 0 Å². The second-order valence-corrected chi connectivity index (χ2v) is 8.26. The number of nitrogens with one attached hydrogen (secondary N) is 3. The van der Waals surface area contributed by atoms with Gasteiger partial charge in [0.05, 0.1) is 5.69 Å². The average Bonchev–Trinajstić information content (AvgIpc) is 3.18. The summed E-state index contributed by atoms with van der Waals surface area (Å²) < 4.78 is 0. The third-order valence-electron chi connectivity index (χ3n) is 4.55. The van der Waals surface area contributed by atoms with E-state index in [1.165, 1.54) is 25.7 Å². The summed E-state index contributed by atoms with van der Waals surface area (Å²) in [5.74, 6) is 0.326. The number of benzene rings is 1. The van der Waals surface area contributed by atoms with Crippen LogP contribution in [-0.4, -0.2) is 28.7 Å². The highest BCUT2D eigenvalue weighted by Crippen LogP contribution is 2.37. The van der Waals surface area contributed by atoms with Crippen molar-refractivity contribution >= 4 is 35.2 Å². The van der Waals surface area contributed by atoms with E-state index in [2.05, 4.69) is 20.9 Å². The Morgan fingerprint density at radius 3 is 2.64 bits per heavy atom. The highest BCUT2D eigenvalue weighted by Gasteiger charge is 2.18. The normalized spacial score (nSPS) is 13.9. The van der Waals surface area contributed by atoms with Crippen molar-refractivity contribution in [1.82, 2.24) is 10.3 Å². The number of anilines is 2.